The van der Waals surface area contributed by atoms with Gasteiger partial charge >= 0.3 is 12.4 Å². The minimum Gasteiger partial charge on any atom is -0.481 e. The minimum absolute atomic E-state index is 0.0291. The summed E-state index contributed by atoms with van der Waals surface area (Å²) in [5, 5.41) is 0. The topological polar surface area (TPSA) is 61.6 Å². The maximum absolute atomic E-state index is 14.7. The number of hydrogen-bond donors (Lipinski definition) is 0. The normalized spacial score (nSPS) is 12.9. The number of aliphatic imine (C=N–C) groups is 2. The van der Waals surface area contributed by atoms with Gasteiger partial charge in [-0.15, -0.1) is 0 Å². The third-order valence-corrected chi connectivity index (χ3v) is 6.81. The largest absolute Gasteiger partial charge is 0.481 e. The quantitative estimate of drug-likeness (QED) is 0.0967. The van der Waals surface area contributed by atoms with Crippen LogP contribution in [0.15, 0.2) is 107 Å². The number of halogens is 6. The van der Waals surface area contributed by atoms with Gasteiger partial charge in [-0.25, -0.2) is 9.98 Å². The van der Waals surface area contributed by atoms with Crippen molar-refractivity contribution in [1.29, 1.82) is 0 Å². The van der Waals surface area contributed by atoms with Gasteiger partial charge in [-0.1, -0.05) is 36.4 Å². The number of ether oxygens (including phenoxy) is 4. The molecule has 4 aromatic carbocycles. The second kappa shape index (κ2) is 14.6. The Hall–Kier alpha value is -5.00. The van der Waals surface area contributed by atoms with Crippen molar-refractivity contribution < 1.29 is 45.3 Å². The Morgan fingerprint density at radius 1 is 0.532 bits per heavy atom. The Balaban J connectivity index is 1.64. The summed E-state index contributed by atoms with van der Waals surface area (Å²) in [6.45, 7) is 7.80. The van der Waals surface area contributed by atoms with Crippen LogP contribution >= 0.6 is 0 Å². The molecule has 0 saturated heterocycles. The van der Waals surface area contributed by atoms with Crippen LogP contribution in [0.25, 0.3) is 0 Å². The number of rotatable bonds is 10. The molecule has 0 fully saturated rings. The van der Waals surface area contributed by atoms with Crippen LogP contribution in [-0.2, 0) is 14.9 Å². The zero-order valence-corrected chi connectivity index (χ0v) is 25.9. The average Bonchev–Trinajstić information content (AvgIpc) is 2.98. The van der Waals surface area contributed by atoms with E-state index in [-0.39, 0.29) is 23.0 Å². The fourth-order valence-electron chi connectivity index (χ4n) is 4.88. The summed E-state index contributed by atoms with van der Waals surface area (Å²) in [4.78, 5) is 8.56. The first-order valence-corrected chi connectivity index (χ1v) is 14.5. The van der Waals surface area contributed by atoms with E-state index in [4.69, 9.17) is 18.9 Å². The molecule has 0 atom stereocenters. The van der Waals surface area contributed by atoms with E-state index in [0.717, 1.165) is 48.5 Å². The molecular weight excluding hydrogens is 626 g/mol. The van der Waals surface area contributed by atoms with Gasteiger partial charge in [0.15, 0.2) is 11.8 Å². The van der Waals surface area contributed by atoms with E-state index in [1.807, 2.05) is 13.8 Å². The van der Waals surface area contributed by atoms with Crippen LogP contribution < -0.4 is 9.47 Å². The summed E-state index contributed by atoms with van der Waals surface area (Å²) in [5.41, 5.74) is -5.42. The molecule has 0 heterocycles. The van der Waals surface area contributed by atoms with Crippen molar-refractivity contribution in [3.05, 3.63) is 108 Å². The molecule has 12 heteroatoms. The Morgan fingerprint density at radius 2 is 0.894 bits per heavy atom. The molecule has 0 radical (unpaired) electrons. The molecule has 0 spiro atoms. The summed E-state index contributed by atoms with van der Waals surface area (Å²) in [6.07, 6.45) is -11.5. The van der Waals surface area contributed by atoms with E-state index in [2.05, 4.69) is 9.98 Å². The molecule has 0 aliphatic rings. The first kappa shape index (κ1) is 34.9. The van der Waals surface area contributed by atoms with Gasteiger partial charge in [0.1, 0.15) is 23.0 Å². The number of alkyl halides is 6. The third-order valence-electron chi connectivity index (χ3n) is 6.81. The molecule has 0 amide bonds. The molecule has 6 nitrogen and oxygen atoms in total. The summed E-state index contributed by atoms with van der Waals surface area (Å²) >= 11 is 0. The molecule has 0 aromatic heterocycles. The van der Waals surface area contributed by atoms with E-state index >= 15 is 0 Å². The molecule has 4 aromatic rings. The summed E-state index contributed by atoms with van der Waals surface area (Å²) in [7, 11) is 0. The van der Waals surface area contributed by atoms with E-state index in [1.54, 1.807) is 62.4 Å². The highest BCUT2D eigenvalue weighted by atomic mass is 19.4. The van der Waals surface area contributed by atoms with Gasteiger partial charge in [-0.05, 0) is 73.5 Å². The van der Waals surface area contributed by atoms with Crippen molar-refractivity contribution in [2.75, 3.05) is 13.2 Å². The lowest BCUT2D eigenvalue weighted by Gasteiger charge is -2.38. The molecule has 0 unspecified atom stereocenters. The molecule has 0 bridgehead atoms. The highest BCUT2D eigenvalue weighted by molar-refractivity contribution is 5.77. The number of benzene rings is 4. The summed E-state index contributed by atoms with van der Waals surface area (Å²) in [5.74, 6) is 1.44. The van der Waals surface area contributed by atoms with Crippen molar-refractivity contribution in [2.24, 2.45) is 9.98 Å². The third kappa shape index (κ3) is 8.24. The highest BCUT2D eigenvalue weighted by Crippen LogP contribution is 2.56. The lowest BCUT2D eigenvalue weighted by Crippen LogP contribution is -2.54. The maximum atomic E-state index is 14.7. The average molecular weight is 659 g/mol. The van der Waals surface area contributed by atoms with Crippen LogP contribution in [0.3, 0.4) is 0 Å². The Bertz CT molecular complexity index is 1570. The number of nitrogens with zero attached hydrogens (tertiary/aromatic N) is 2. The van der Waals surface area contributed by atoms with Crippen molar-refractivity contribution in [3.8, 4) is 23.0 Å². The van der Waals surface area contributed by atoms with Crippen LogP contribution in [0.4, 0.5) is 37.7 Å². The smallest absolute Gasteiger partial charge is 0.411 e. The van der Waals surface area contributed by atoms with Crippen molar-refractivity contribution >= 4 is 23.2 Å². The summed E-state index contributed by atoms with van der Waals surface area (Å²) < 4.78 is 110. The highest BCUT2D eigenvalue weighted by Gasteiger charge is 2.72. The van der Waals surface area contributed by atoms with Gasteiger partial charge < -0.3 is 18.9 Å². The van der Waals surface area contributed by atoms with Crippen LogP contribution in [-0.4, -0.2) is 37.4 Å². The predicted octanol–water partition coefficient (Wildman–Crippen LogP) is 10.9. The first-order chi connectivity index (χ1) is 22.3. The van der Waals surface area contributed by atoms with Crippen LogP contribution in [0.2, 0.25) is 0 Å². The van der Waals surface area contributed by atoms with Crippen LogP contribution in [0.5, 0.6) is 23.0 Å². The minimum atomic E-state index is -5.76. The second-order valence-corrected chi connectivity index (χ2v) is 10.1. The fraction of sp³-hybridized carbons (Fsp3) is 0.257. The van der Waals surface area contributed by atoms with E-state index in [9.17, 15) is 26.3 Å². The molecule has 0 saturated carbocycles. The van der Waals surface area contributed by atoms with Crippen molar-refractivity contribution in [1.82, 2.24) is 0 Å². The van der Waals surface area contributed by atoms with Gasteiger partial charge in [-0.2, -0.15) is 26.3 Å². The molecular formula is C35H32F6N2O4. The molecule has 0 N–H and O–H groups in total. The molecule has 0 aliphatic heterocycles. The maximum Gasteiger partial charge on any atom is 0.411 e. The Labute approximate surface area is 268 Å². The monoisotopic (exact) mass is 658 g/mol. The Kier molecular flexibility index (Phi) is 10.8. The van der Waals surface area contributed by atoms with Gasteiger partial charge in [0.25, 0.3) is 0 Å². The molecule has 47 heavy (non-hydrogen) atoms. The molecule has 248 valence electrons. The number of hydrogen-bond acceptors (Lipinski definition) is 6. The van der Waals surface area contributed by atoms with E-state index < -0.39 is 28.9 Å². The van der Waals surface area contributed by atoms with Crippen LogP contribution in [0, 0.1) is 0 Å². The van der Waals surface area contributed by atoms with Gasteiger partial charge in [0.05, 0.1) is 24.6 Å². The Morgan fingerprint density at radius 3 is 1.21 bits per heavy atom. The lowest BCUT2D eigenvalue weighted by molar-refractivity contribution is -0.288. The van der Waals surface area contributed by atoms with Gasteiger partial charge in [0.2, 0.25) is 5.41 Å². The van der Waals surface area contributed by atoms with Crippen LogP contribution in [0.1, 0.15) is 38.8 Å². The predicted molar refractivity (Wildman–Crippen MR) is 168 cm³/mol. The zero-order valence-electron chi connectivity index (χ0n) is 25.9. The second-order valence-electron chi connectivity index (χ2n) is 10.1. The zero-order chi connectivity index (χ0) is 34.2. The van der Waals surface area contributed by atoms with E-state index in [1.165, 1.54) is 0 Å². The van der Waals surface area contributed by atoms with E-state index in [0.29, 0.717) is 36.4 Å². The fourth-order valence-corrected chi connectivity index (χ4v) is 4.88. The lowest BCUT2D eigenvalue weighted by atomic mass is 9.73. The molecule has 4 rings (SSSR count). The first-order valence-electron chi connectivity index (χ1n) is 14.5. The van der Waals surface area contributed by atoms with Gasteiger partial charge in [-0.3, -0.25) is 0 Å². The van der Waals surface area contributed by atoms with Crippen molar-refractivity contribution in [2.45, 2.75) is 45.5 Å². The van der Waals surface area contributed by atoms with Gasteiger partial charge in [0, 0.05) is 26.0 Å². The molecule has 0 aliphatic carbocycles. The SMILES string of the molecule is CCO/C(C)=N\c1cccc(Oc2ccc(C(c3ccc(Oc4cccc(/N=C(/C)OCC)c4)cc3)(C(F)(F)F)C(F)(F)F)cc2)c1. The summed E-state index contributed by atoms with van der Waals surface area (Å²) in [6, 6.07) is 20.2. The standard InChI is InChI=1S/C35H32F6N2O4/c1-5-44-23(3)42-27-9-7-11-31(21-27)46-29-17-13-25(14-18-29)33(34(36,37)38,35(39,40)41)26-15-19-30(20-16-26)47-32-12-8-10-28(22-32)43-24(4)45-6-2/h7-22H,5-6H2,1-4H3/b42-23-,43-24-. The van der Waals surface area contributed by atoms with Crippen molar-refractivity contribution in [3.63, 3.8) is 0 Å².